The van der Waals surface area contributed by atoms with Gasteiger partial charge in [0, 0.05) is 25.1 Å². The van der Waals surface area contributed by atoms with Gasteiger partial charge in [0.2, 0.25) is 5.75 Å². The minimum Gasteiger partial charge on any atom is -0.493 e. The molecule has 196 valence electrons. The number of ether oxygens (including phenoxy) is 3. The van der Waals surface area contributed by atoms with Gasteiger partial charge < -0.3 is 24.1 Å². The summed E-state index contributed by atoms with van der Waals surface area (Å²) in [6.07, 6.45) is 11.0. The first-order chi connectivity index (χ1) is 17.6. The summed E-state index contributed by atoms with van der Waals surface area (Å²) >= 11 is 0. The topological polar surface area (TPSA) is 74.6 Å². The molecular weight excluding hydrogens is 454 g/mol. The average molecular weight is 496 g/mol. The summed E-state index contributed by atoms with van der Waals surface area (Å²) in [6.45, 7) is 3.69. The summed E-state index contributed by atoms with van der Waals surface area (Å²) in [5.74, 6) is 2.18. The zero-order valence-corrected chi connectivity index (χ0v) is 22.3. The van der Waals surface area contributed by atoms with Gasteiger partial charge in [-0.1, -0.05) is 64.0 Å². The number of aryl methyl sites for hydroxylation is 1. The second kappa shape index (κ2) is 14.4. The van der Waals surface area contributed by atoms with Crippen molar-refractivity contribution in [3.63, 3.8) is 0 Å². The van der Waals surface area contributed by atoms with Gasteiger partial charge >= 0.3 is 0 Å². The van der Waals surface area contributed by atoms with Gasteiger partial charge in [-0.2, -0.15) is 0 Å². The van der Waals surface area contributed by atoms with E-state index in [4.69, 9.17) is 19.2 Å². The molecule has 0 aliphatic heterocycles. The van der Waals surface area contributed by atoms with E-state index in [1.165, 1.54) is 59.2 Å². The van der Waals surface area contributed by atoms with Gasteiger partial charge in [-0.25, -0.2) is 4.98 Å². The van der Waals surface area contributed by atoms with Crippen LogP contribution in [0, 0.1) is 0 Å². The lowest BCUT2D eigenvalue weighted by molar-refractivity contribution is 0.0953. The zero-order valence-electron chi connectivity index (χ0n) is 22.3. The highest BCUT2D eigenvalue weighted by Gasteiger charge is 2.17. The number of unbranched alkanes of at least 4 members (excludes halogenated alkanes) is 7. The maximum atomic E-state index is 12.9. The van der Waals surface area contributed by atoms with Crippen molar-refractivity contribution in [3.05, 3.63) is 47.8 Å². The van der Waals surface area contributed by atoms with Crippen molar-refractivity contribution in [3.8, 4) is 17.2 Å². The molecule has 0 unspecified atom stereocenters. The SMILES string of the molecule is CCCCCCCCCCn1c(CCNC(=O)c2cc(OC)c(OC)c(OC)c2)nc2ccccc21. The molecule has 0 aliphatic carbocycles. The molecule has 3 aromatic rings. The Balaban J connectivity index is 1.60. The summed E-state index contributed by atoms with van der Waals surface area (Å²) < 4.78 is 18.4. The number of carbonyl (C=O) groups is 1. The highest BCUT2D eigenvalue weighted by Crippen LogP contribution is 2.38. The van der Waals surface area contributed by atoms with Crippen molar-refractivity contribution < 1.29 is 19.0 Å². The van der Waals surface area contributed by atoms with Crippen molar-refractivity contribution in [2.45, 2.75) is 71.3 Å². The largest absolute Gasteiger partial charge is 0.493 e. The van der Waals surface area contributed by atoms with E-state index >= 15 is 0 Å². The number of hydrogen-bond acceptors (Lipinski definition) is 5. The van der Waals surface area contributed by atoms with Crippen LogP contribution in [0.4, 0.5) is 0 Å². The maximum absolute atomic E-state index is 12.9. The van der Waals surface area contributed by atoms with Crippen LogP contribution in [0.15, 0.2) is 36.4 Å². The van der Waals surface area contributed by atoms with Crippen molar-refractivity contribution in [1.82, 2.24) is 14.9 Å². The number of para-hydroxylation sites is 2. The van der Waals surface area contributed by atoms with Crippen LogP contribution < -0.4 is 19.5 Å². The number of benzene rings is 2. The predicted octanol–water partition coefficient (Wildman–Crippen LogP) is 6.18. The van der Waals surface area contributed by atoms with Crippen molar-refractivity contribution in [2.24, 2.45) is 0 Å². The van der Waals surface area contributed by atoms with Crippen LogP contribution in [-0.2, 0) is 13.0 Å². The third-order valence-corrected chi connectivity index (χ3v) is 6.53. The molecule has 2 aromatic carbocycles. The van der Waals surface area contributed by atoms with E-state index in [0.29, 0.717) is 35.8 Å². The van der Waals surface area contributed by atoms with Gasteiger partial charge in [-0.15, -0.1) is 0 Å². The summed E-state index contributed by atoms with van der Waals surface area (Å²) in [5.41, 5.74) is 2.62. The van der Waals surface area contributed by atoms with E-state index in [1.807, 2.05) is 6.07 Å². The molecule has 0 atom stereocenters. The van der Waals surface area contributed by atoms with Crippen molar-refractivity contribution in [1.29, 1.82) is 0 Å². The van der Waals surface area contributed by atoms with Crippen LogP contribution >= 0.6 is 0 Å². The second-order valence-corrected chi connectivity index (χ2v) is 9.06. The summed E-state index contributed by atoms with van der Waals surface area (Å²) in [4.78, 5) is 17.7. The highest BCUT2D eigenvalue weighted by atomic mass is 16.5. The van der Waals surface area contributed by atoms with Crippen LogP contribution in [0.5, 0.6) is 17.2 Å². The molecule has 0 radical (unpaired) electrons. The van der Waals surface area contributed by atoms with Crippen LogP contribution in [0.1, 0.15) is 74.5 Å². The number of methoxy groups -OCH3 is 3. The third-order valence-electron chi connectivity index (χ3n) is 6.53. The van der Waals surface area contributed by atoms with Gasteiger partial charge in [-0.3, -0.25) is 4.79 Å². The number of carbonyl (C=O) groups excluding carboxylic acids is 1. The van der Waals surface area contributed by atoms with Gasteiger partial charge in [0.25, 0.3) is 5.91 Å². The van der Waals surface area contributed by atoms with E-state index in [1.54, 1.807) is 19.2 Å². The number of hydrogen-bond donors (Lipinski definition) is 1. The average Bonchev–Trinajstić information content (AvgIpc) is 3.26. The summed E-state index contributed by atoms with van der Waals surface area (Å²) in [6, 6.07) is 11.6. The first kappa shape index (κ1) is 27.4. The molecule has 1 aromatic heterocycles. The lowest BCUT2D eigenvalue weighted by Crippen LogP contribution is -2.26. The lowest BCUT2D eigenvalue weighted by Gasteiger charge is -2.14. The molecule has 1 amide bonds. The number of nitrogens with zero attached hydrogens (tertiary/aromatic N) is 2. The minimum absolute atomic E-state index is 0.194. The first-order valence-electron chi connectivity index (χ1n) is 13.1. The Morgan fingerprint density at radius 1 is 0.889 bits per heavy atom. The van der Waals surface area contributed by atoms with Gasteiger partial charge in [0.1, 0.15) is 5.82 Å². The van der Waals surface area contributed by atoms with E-state index in [-0.39, 0.29) is 5.91 Å². The van der Waals surface area contributed by atoms with Crippen LogP contribution in [0.3, 0.4) is 0 Å². The molecule has 0 saturated heterocycles. The number of rotatable bonds is 16. The van der Waals surface area contributed by atoms with Crippen LogP contribution in [0.25, 0.3) is 11.0 Å². The van der Waals surface area contributed by atoms with Gasteiger partial charge in [0.15, 0.2) is 11.5 Å². The number of imidazole rings is 1. The summed E-state index contributed by atoms with van der Waals surface area (Å²) in [7, 11) is 4.62. The monoisotopic (exact) mass is 495 g/mol. The predicted molar refractivity (Wildman–Crippen MR) is 144 cm³/mol. The number of amides is 1. The molecule has 7 heteroatoms. The summed E-state index contributed by atoms with van der Waals surface area (Å²) in [5, 5.41) is 3.02. The van der Waals surface area contributed by atoms with Crippen molar-refractivity contribution >= 4 is 16.9 Å². The molecule has 0 bridgehead atoms. The molecule has 7 nitrogen and oxygen atoms in total. The molecule has 0 spiro atoms. The Kier molecular flexibility index (Phi) is 10.9. The Morgan fingerprint density at radius 2 is 1.53 bits per heavy atom. The molecular formula is C29H41N3O4. The van der Waals surface area contributed by atoms with Gasteiger partial charge in [-0.05, 0) is 30.7 Å². The minimum atomic E-state index is -0.194. The quantitative estimate of drug-likeness (QED) is 0.240. The van der Waals surface area contributed by atoms with E-state index in [9.17, 15) is 4.79 Å². The Hall–Kier alpha value is -3.22. The third kappa shape index (κ3) is 7.15. The first-order valence-corrected chi connectivity index (χ1v) is 13.1. The lowest BCUT2D eigenvalue weighted by atomic mass is 10.1. The zero-order chi connectivity index (χ0) is 25.8. The maximum Gasteiger partial charge on any atom is 0.251 e. The van der Waals surface area contributed by atoms with E-state index in [0.717, 1.165) is 29.8 Å². The molecule has 0 aliphatic rings. The number of fused-ring (bicyclic) bond motifs is 1. The van der Waals surface area contributed by atoms with Crippen molar-refractivity contribution in [2.75, 3.05) is 27.9 Å². The van der Waals surface area contributed by atoms with Crippen LogP contribution in [-0.4, -0.2) is 43.3 Å². The Bertz CT molecular complexity index is 1080. The van der Waals surface area contributed by atoms with E-state index in [2.05, 4.69) is 35.0 Å². The molecule has 0 saturated carbocycles. The van der Waals surface area contributed by atoms with E-state index < -0.39 is 0 Å². The molecule has 0 fully saturated rings. The molecule has 3 rings (SSSR count). The second-order valence-electron chi connectivity index (χ2n) is 9.06. The fraction of sp³-hybridized carbons (Fsp3) is 0.517. The molecule has 36 heavy (non-hydrogen) atoms. The smallest absolute Gasteiger partial charge is 0.251 e. The standard InChI is InChI=1S/C29H41N3O4/c1-5-6-7-8-9-10-11-14-19-32-24-16-13-12-15-23(24)31-27(32)17-18-30-29(33)22-20-25(34-2)28(36-4)26(21-22)35-3/h12-13,15-16,20-21H,5-11,14,17-19H2,1-4H3,(H,30,33). The fourth-order valence-electron chi connectivity index (χ4n) is 4.57. The number of aromatic nitrogens is 2. The van der Waals surface area contributed by atoms with Gasteiger partial charge in [0.05, 0.1) is 32.4 Å². The highest BCUT2D eigenvalue weighted by molar-refractivity contribution is 5.95. The molecule has 1 N–H and O–H groups in total. The number of nitrogens with one attached hydrogen (secondary N) is 1. The fourth-order valence-corrected chi connectivity index (χ4v) is 4.57. The van der Waals surface area contributed by atoms with Crippen LogP contribution in [0.2, 0.25) is 0 Å². The Labute approximate surface area is 215 Å². The Morgan fingerprint density at radius 3 is 2.17 bits per heavy atom. The molecule has 1 heterocycles. The normalized spacial score (nSPS) is 11.0.